The summed E-state index contributed by atoms with van der Waals surface area (Å²) >= 11 is 0. The molecule has 1 atom stereocenters. The first kappa shape index (κ1) is 25.1. The van der Waals surface area contributed by atoms with Crippen LogP contribution in [-0.2, 0) is 25.2 Å². The van der Waals surface area contributed by atoms with Crippen LogP contribution < -0.4 is 10.1 Å². The fourth-order valence-electron chi connectivity index (χ4n) is 4.11. The number of hydrogen-bond acceptors (Lipinski definition) is 6. The van der Waals surface area contributed by atoms with E-state index in [2.05, 4.69) is 10.4 Å². The zero-order valence-corrected chi connectivity index (χ0v) is 21.1. The van der Waals surface area contributed by atoms with E-state index in [9.17, 15) is 18.0 Å². The summed E-state index contributed by atoms with van der Waals surface area (Å²) in [6.07, 6.45) is 0.546. The van der Waals surface area contributed by atoms with Gasteiger partial charge in [0, 0.05) is 26.0 Å². The van der Waals surface area contributed by atoms with Crippen molar-refractivity contribution >= 4 is 33.1 Å². The second-order valence-electron chi connectivity index (χ2n) is 8.56. The van der Waals surface area contributed by atoms with E-state index < -0.39 is 9.84 Å². The van der Waals surface area contributed by atoms with Gasteiger partial charge in [-0.3, -0.25) is 9.59 Å². The number of carbonyl (C=O) groups excluding carboxylic acids is 2. The molecule has 2 amide bonds. The van der Waals surface area contributed by atoms with E-state index >= 15 is 0 Å². The minimum atomic E-state index is -3.57. The van der Waals surface area contributed by atoms with E-state index in [-0.39, 0.29) is 28.5 Å². The van der Waals surface area contributed by atoms with Crippen molar-refractivity contribution in [3.63, 3.8) is 0 Å². The predicted octanol–water partition coefficient (Wildman–Crippen LogP) is 4.33. The van der Waals surface area contributed by atoms with Crippen molar-refractivity contribution in [3.8, 4) is 5.75 Å². The van der Waals surface area contributed by atoms with E-state index in [4.69, 9.17) is 4.74 Å². The van der Waals surface area contributed by atoms with Gasteiger partial charge in [-0.25, -0.2) is 13.4 Å². The molecule has 3 aromatic rings. The van der Waals surface area contributed by atoms with E-state index in [1.807, 2.05) is 36.4 Å². The maximum atomic E-state index is 12.9. The summed E-state index contributed by atoms with van der Waals surface area (Å²) in [5, 5.41) is 8.67. The molecule has 1 unspecified atom stereocenters. The van der Waals surface area contributed by atoms with Gasteiger partial charge >= 0.3 is 0 Å². The number of hydrogen-bond donors (Lipinski definition) is 1. The SMILES string of the molecule is COc1ccc(C2CC(c3ccc(CS(=O)(=O)c4ccc(NC(C)=O)cc4)cc3)=NN2C(C)=O)cc1. The van der Waals surface area contributed by atoms with Gasteiger partial charge in [0.2, 0.25) is 11.8 Å². The number of nitrogens with one attached hydrogen (secondary N) is 1. The highest BCUT2D eigenvalue weighted by Gasteiger charge is 2.31. The molecule has 0 radical (unpaired) electrons. The first-order valence-electron chi connectivity index (χ1n) is 11.4. The van der Waals surface area contributed by atoms with Gasteiger partial charge in [0.15, 0.2) is 9.84 Å². The number of benzene rings is 3. The number of methoxy groups -OCH3 is 1. The molecule has 1 heterocycles. The van der Waals surface area contributed by atoms with Gasteiger partial charge in [-0.2, -0.15) is 5.10 Å². The Labute approximate surface area is 210 Å². The van der Waals surface area contributed by atoms with Crippen LogP contribution in [0.3, 0.4) is 0 Å². The molecule has 0 saturated carbocycles. The highest BCUT2D eigenvalue weighted by molar-refractivity contribution is 7.90. The molecule has 0 fully saturated rings. The Hall–Kier alpha value is -3.98. The summed E-state index contributed by atoms with van der Waals surface area (Å²) in [4.78, 5) is 23.6. The van der Waals surface area contributed by atoms with E-state index in [1.165, 1.54) is 31.0 Å². The van der Waals surface area contributed by atoms with Crippen LogP contribution in [0, 0.1) is 0 Å². The molecule has 0 aliphatic carbocycles. The number of hydrazone groups is 1. The zero-order chi connectivity index (χ0) is 25.9. The van der Waals surface area contributed by atoms with Gasteiger partial charge in [-0.15, -0.1) is 0 Å². The molecule has 0 spiro atoms. The molecule has 1 N–H and O–H groups in total. The van der Waals surface area contributed by atoms with Crippen LogP contribution in [-0.4, -0.2) is 38.1 Å². The maximum absolute atomic E-state index is 12.9. The van der Waals surface area contributed by atoms with Crippen molar-refractivity contribution in [1.29, 1.82) is 0 Å². The third kappa shape index (κ3) is 5.63. The van der Waals surface area contributed by atoms with Gasteiger partial charge in [0.25, 0.3) is 0 Å². The number of ether oxygens (including phenoxy) is 1. The second kappa shape index (κ2) is 10.3. The maximum Gasteiger partial charge on any atom is 0.240 e. The molecule has 8 nitrogen and oxygen atoms in total. The van der Waals surface area contributed by atoms with Crippen LogP contribution in [0.15, 0.2) is 82.8 Å². The van der Waals surface area contributed by atoms with E-state index in [0.29, 0.717) is 17.7 Å². The molecule has 186 valence electrons. The fraction of sp³-hybridized carbons (Fsp3) is 0.222. The Morgan fingerprint density at radius 2 is 1.61 bits per heavy atom. The normalized spacial score (nSPS) is 15.4. The first-order chi connectivity index (χ1) is 17.2. The molecule has 1 aliphatic rings. The van der Waals surface area contributed by atoms with Crippen molar-refractivity contribution in [2.24, 2.45) is 5.10 Å². The van der Waals surface area contributed by atoms with Crippen LogP contribution in [0.2, 0.25) is 0 Å². The Kier molecular flexibility index (Phi) is 7.21. The number of amides is 2. The molecule has 4 rings (SSSR count). The summed E-state index contributed by atoms with van der Waals surface area (Å²) in [7, 11) is -1.96. The van der Waals surface area contributed by atoms with Crippen LogP contribution in [0.5, 0.6) is 5.75 Å². The standard InChI is InChI=1S/C27H27N3O5S/c1-18(31)28-23-10-14-25(15-11-23)36(33,34)17-20-4-6-21(7-5-20)26-16-27(30(29-26)19(2)32)22-8-12-24(35-3)13-9-22/h4-15,27H,16-17H2,1-3H3,(H,28,31). The number of anilines is 1. The lowest BCUT2D eigenvalue weighted by Crippen LogP contribution is -2.24. The first-order valence-corrected chi connectivity index (χ1v) is 13.0. The van der Waals surface area contributed by atoms with Crippen LogP contribution in [0.1, 0.15) is 43.0 Å². The lowest BCUT2D eigenvalue weighted by Gasteiger charge is -2.20. The lowest BCUT2D eigenvalue weighted by molar-refractivity contribution is -0.130. The topological polar surface area (TPSA) is 105 Å². The Morgan fingerprint density at radius 3 is 2.17 bits per heavy atom. The smallest absolute Gasteiger partial charge is 0.240 e. The molecule has 3 aromatic carbocycles. The van der Waals surface area contributed by atoms with Gasteiger partial charge < -0.3 is 10.1 Å². The van der Waals surface area contributed by atoms with Crippen molar-refractivity contribution in [3.05, 3.63) is 89.5 Å². The van der Waals surface area contributed by atoms with E-state index in [1.54, 1.807) is 31.4 Å². The predicted molar refractivity (Wildman–Crippen MR) is 137 cm³/mol. The summed E-state index contributed by atoms with van der Waals surface area (Å²) in [6.45, 7) is 2.88. The van der Waals surface area contributed by atoms with Crippen molar-refractivity contribution in [2.45, 2.75) is 37.0 Å². The molecule has 9 heteroatoms. The number of nitrogens with zero attached hydrogens (tertiary/aromatic N) is 2. The Bertz CT molecular complexity index is 1400. The number of sulfone groups is 1. The van der Waals surface area contributed by atoms with E-state index in [0.717, 1.165) is 22.6 Å². The number of rotatable bonds is 7. The average molecular weight is 506 g/mol. The molecular weight excluding hydrogens is 478 g/mol. The second-order valence-corrected chi connectivity index (χ2v) is 10.6. The Balaban J connectivity index is 1.49. The largest absolute Gasteiger partial charge is 0.497 e. The monoisotopic (exact) mass is 505 g/mol. The van der Waals surface area contributed by atoms with Gasteiger partial charge in [0.05, 0.1) is 29.5 Å². The van der Waals surface area contributed by atoms with Gasteiger partial charge in [0.1, 0.15) is 5.75 Å². The van der Waals surface area contributed by atoms with Crippen LogP contribution in [0.4, 0.5) is 5.69 Å². The van der Waals surface area contributed by atoms with Crippen molar-refractivity contribution < 1.29 is 22.7 Å². The third-order valence-corrected chi connectivity index (χ3v) is 7.61. The highest BCUT2D eigenvalue weighted by Crippen LogP contribution is 2.33. The molecule has 0 bridgehead atoms. The average Bonchev–Trinajstić information content (AvgIpc) is 3.30. The minimum absolute atomic E-state index is 0.155. The number of carbonyl (C=O) groups is 2. The van der Waals surface area contributed by atoms with Crippen molar-refractivity contribution in [1.82, 2.24) is 5.01 Å². The third-order valence-electron chi connectivity index (χ3n) is 5.91. The fourth-order valence-corrected chi connectivity index (χ4v) is 5.45. The zero-order valence-electron chi connectivity index (χ0n) is 20.3. The van der Waals surface area contributed by atoms with Gasteiger partial charge in [-0.1, -0.05) is 36.4 Å². The summed E-state index contributed by atoms with van der Waals surface area (Å²) in [5.41, 5.74) is 3.72. The minimum Gasteiger partial charge on any atom is -0.497 e. The highest BCUT2D eigenvalue weighted by atomic mass is 32.2. The molecule has 0 saturated heterocycles. The molecular formula is C27H27N3O5S. The Morgan fingerprint density at radius 1 is 0.972 bits per heavy atom. The molecule has 36 heavy (non-hydrogen) atoms. The lowest BCUT2D eigenvalue weighted by atomic mass is 9.98. The van der Waals surface area contributed by atoms with Crippen LogP contribution in [0.25, 0.3) is 0 Å². The molecule has 0 aromatic heterocycles. The summed E-state index contributed by atoms with van der Waals surface area (Å²) < 4.78 is 31.0. The van der Waals surface area contributed by atoms with Crippen LogP contribution >= 0.6 is 0 Å². The quantitative estimate of drug-likeness (QED) is 0.515. The molecule has 1 aliphatic heterocycles. The van der Waals surface area contributed by atoms with Gasteiger partial charge in [-0.05, 0) is 53.1 Å². The summed E-state index contributed by atoms with van der Waals surface area (Å²) in [6, 6.07) is 20.6. The summed E-state index contributed by atoms with van der Waals surface area (Å²) in [5.74, 6) is 0.201. The van der Waals surface area contributed by atoms with Crippen molar-refractivity contribution in [2.75, 3.05) is 12.4 Å².